The number of hydrogen-bond acceptors (Lipinski definition) is 3. The van der Waals surface area contributed by atoms with Crippen LogP contribution in [0.25, 0.3) is 0 Å². The number of rotatable bonds is 6. The Labute approximate surface area is 123 Å². The average molecular weight is 292 g/mol. The lowest BCUT2D eigenvalue weighted by atomic mass is 10.1. The molecule has 0 aromatic heterocycles. The Balaban J connectivity index is 1.87. The average Bonchev–Trinajstić information content (AvgIpc) is 3.17. The molecule has 1 aliphatic carbocycles. The van der Waals surface area contributed by atoms with Gasteiger partial charge in [-0.1, -0.05) is 19.1 Å². The van der Waals surface area contributed by atoms with E-state index in [0.29, 0.717) is 6.54 Å². The number of carbonyl (C=O) groups excluding carboxylic acids is 1. The summed E-state index contributed by atoms with van der Waals surface area (Å²) in [5.41, 5.74) is 0.905. The molecule has 21 heavy (non-hydrogen) atoms. The molecule has 0 aliphatic heterocycles. The normalized spacial score (nSPS) is 16.8. The molecule has 1 aromatic rings. The van der Waals surface area contributed by atoms with Crippen LogP contribution in [0, 0.1) is 5.41 Å². The van der Waals surface area contributed by atoms with Crippen LogP contribution in [0.1, 0.15) is 25.3 Å². The smallest absolute Gasteiger partial charge is 0.326 e. The van der Waals surface area contributed by atoms with E-state index >= 15 is 0 Å². The second kappa shape index (κ2) is 6.03. The first kappa shape index (κ1) is 15.2. The Morgan fingerprint density at radius 2 is 1.90 bits per heavy atom. The molecule has 0 radical (unpaired) electrons. The zero-order chi connectivity index (χ0) is 15.5. The van der Waals surface area contributed by atoms with Crippen molar-refractivity contribution in [2.24, 2.45) is 5.41 Å². The fourth-order valence-electron chi connectivity index (χ4n) is 1.96. The molecule has 6 nitrogen and oxygen atoms in total. The van der Waals surface area contributed by atoms with Crippen molar-refractivity contribution in [3.63, 3.8) is 0 Å². The van der Waals surface area contributed by atoms with Crippen LogP contribution in [0.3, 0.4) is 0 Å². The van der Waals surface area contributed by atoms with Crippen LogP contribution in [0.2, 0.25) is 0 Å². The van der Waals surface area contributed by atoms with E-state index in [2.05, 4.69) is 17.6 Å². The number of nitrogens with one attached hydrogen (secondary N) is 2. The number of amides is 2. The minimum Gasteiger partial charge on any atom is -0.508 e. The third-order valence-corrected chi connectivity index (χ3v) is 3.76. The Kier molecular flexibility index (Phi) is 4.35. The van der Waals surface area contributed by atoms with Gasteiger partial charge >= 0.3 is 12.0 Å². The van der Waals surface area contributed by atoms with Crippen LogP contribution < -0.4 is 10.6 Å². The molecule has 0 spiro atoms. The molecule has 0 saturated heterocycles. The first-order valence-electron chi connectivity index (χ1n) is 6.93. The monoisotopic (exact) mass is 292 g/mol. The summed E-state index contributed by atoms with van der Waals surface area (Å²) in [6.45, 7) is 2.64. The maximum absolute atomic E-state index is 11.8. The van der Waals surface area contributed by atoms with Gasteiger partial charge in [-0.25, -0.2) is 9.59 Å². The van der Waals surface area contributed by atoms with Gasteiger partial charge in [0.25, 0.3) is 0 Å². The Morgan fingerprint density at radius 1 is 1.29 bits per heavy atom. The molecule has 1 atom stereocenters. The molecular weight excluding hydrogens is 272 g/mol. The summed E-state index contributed by atoms with van der Waals surface area (Å²) in [5.74, 6) is -0.968. The van der Waals surface area contributed by atoms with E-state index in [0.717, 1.165) is 18.4 Å². The number of benzene rings is 1. The molecule has 4 N–H and O–H groups in total. The van der Waals surface area contributed by atoms with Crippen LogP contribution >= 0.6 is 0 Å². The standard InChI is InChI=1S/C15H20N2O4/c1-15(6-7-15)9-16-14(21)17-12(13(19)20)8-10-2-4-11(18)5-3-10/h2-5,12,18H,6-9H2,1H3,(H,19,20)(H2,16,17,21)/t12-/m0/s1. The molecule has 1 aliphatic rings. The highest BCUT2D eigenvalue weighted by atomic mass is 16.4. The fraction of sp³-hybridized carbons (Fsp3) is 0.467. The molecule has 0 bridgehead atoms. The van der Waals surface area contributed by atoms with E-state index in [1.165, 1.54) is 12.1 Å². The van der Waals surface area contributed by atoms with Gasteiger partial charge in [0.05, 0.1) is 0 Å². The lowest BCUT2D eigenvalue weighted by molar-refractivity contribution is -0.139. The zero-order valence-corrected chi connectivity index (χ0v) is 11.9. The fourth-order valence-corrected chi connectivity index (χ4v) is 1.96. The number of phenolic OH excluding ortho intramolecular Hbond substituents is 1. The molecule has 1 aromatic carbocycles. The molecule has 6 heteroatoms. The number of carboxylic acid groups (broad SMARTS) is 1. The number of urea groups is 1. The van der Waals surface area contributed by atoms with E-state index in [9.17, 15) is 19.8 Å². The molecule has 0 unspecified atom stereocenters. The van der Waals surface area contributed by atoms with Crippen LogP contribution in [0.4, 0.5) is 4.79 Å². The number of phenols is 1. The van der Waals surface area contributed by atoms with Crippen LogP contribution in [-0.2, 0) is 11.2 Å². The van der Waals surface area contributed by atoms with Gasteiger partial charge in [0, 0.05) is 13.0 Å². The summed E-state index contributed by atoms with van der Waals surface area (Å²) in [5, 5.41) is 23.6. The number of aromatic hydroxyl groups is 1. The molecule has 114 valence electrons. The predicted molar refractivity (Wildman–Crippen MR) is 77.1 cm³/mol. The summed E-state index contributed by atoms with van der Waals surface area (Å²) in [4.78, 5) is 23.0. The minimum absolute atomic E-state index is 0.119. The van der Waals surface area contributed by atoms with Gasteiger partial charge in [-0.2, -0.15) is 0 Å². The van der Waals surface area contributed by atoms with E-state index in [1.54, 1.807) is 12.1 Å². The number of carbonyl (C=O) groups is 2. The highest BCUT2D eigenvalue weighted by Gasteiger charge is 2.37. The van der Waals surface area contributed by atoms with Gasteiger partial charge in [0.1, 0.15) is 11.8 Å². The molecule has 2 amide bonds. The zero-order valence-electron chi connectivity index (χ0n) is 11.9. The third-order valence-electron chi connectivity index (χ3n) is 3.76. The van der Waals surface area contributed by atoms with Crippen molar-refractivity contribution in [3.05, 3.63) is 29.8 Å². The first-order chi connectivity index (χ1) is 9.88. The van der Waals surface area contributed by atoms with Crippen molar-refractivity contribution < 1.29 is 19.8 Å². The summed E-state index contributed by atoms with van der Waals surface area (Å²) >= 11 is 0. The second-order valence-electron chi connectivity index (χ2n) is 5.90. The molecule has 1 saturated carbocycles. The van der Waals surface area contributed by atoms with Gasteiger partial charge in [-0.05, 0) is 36.0 Å². The van der Waals surface area contributed by atoms with Crippen molar-refractivity contribution in [1.29, 1.82) is 0 Å². The quantitative estimate of drug-likeness (QED) is 0.638. The maximum atomic E-state index is 11.8. The number of carboxylic acids is 1. The van der Waals surface area contributed by atoms with E-state index < -0.39 is 18.0 Å². The SMILES string of the molecule is CC1(CNC(=O)N[C@@H](Cc2ccc(O)cc2)C(=O)O)CC1. The number of aliphatic carboxylic acids is 1. The lowest BCUT2D eigenvalue weighted by Crippen LogP contribution is -2.48. The van der Waals surface area contributed by atoms with Crippen LogP contribution in [0.15, 0.2) is 24.3 Å². The minimum atomic E-state index is -1.09. The third kappa shape index (κ3) is 4.66. The lowest BCUT2D eigenvalue weighted by Gasteiger charge is -2.16. The summed E-state index contributed by atoms with van der Waals surface area (Å²) in [6.07, 6.45) is 2.34. The highest BCUT2D eigenvalue weighted by molar-refractivity contribution is 5.82. The molecule has 0 heterocycles. The van der Waals surface area contributed by atoms with Gasteiger partial charge < -0.3 is 20.8 Å². The van der Waals surface area contributed by atoms with E-state index in [-0.39, 0.29) is 17.6 Å². The number of hydrogen-bond donors (Lipinski definition) is 4. The van der Waals surface area contributed by atoms with Gasteiger partial charge in [-0.3, -0.25) is 0 Å². The first-order valence-corrected chi connectivity index (χ1v) is 6.93. The van der Waals surface area contributed by atoms with Gasteiger partial charge in [0.15, 0.2) is 0 Å². The van der Waals surface area contributed by atoms with E-state index in [4.69, 9.17) is 0 Å². The summed E-state index contributed by atoms with van der Waals surface area (Å²) in [6, 6.07) is 4.78. The van der Waals surface area contributed by atoms with Crippen molar-refractivity contribution in [2.75, 3.05) is 6.54 Å². The van der Waals surface area contributed by atoms with Crippen LogP contribution in [0.5, 0.6) is 5.75 Å². The van der Waals surface area contributed by atoms with Crippen molar-refractivity contribution in [1.82, 2.24) is 10.6 Å². The van der Waals surface area contributed by atoms with Crippen LogP contribution in [-0.4, -0.2) is 34.8 Å². The molecular formula is C15H20N2O4. The van der Waals surface area contributed by atoms with Crippen molar-refractivity contribution in [3.8, 4) is 5.75 Å². The highest BCUT2D eigenvalue weighted by Crippen LogP contribution is 2.43. The Hall–Kier alpha value is -2.24. The largest absolute Gasteiger partial charge is 0.508 e. The summed E-state index contributed by atoms with van der Waals surface area (Å²) < 4.78 is 0. The Bertz CT molecular complexity index is 523. The Morgan fingerprint density at radius 3 is 2.43 bits per heavy atom. The second-order valence-corrected chi connectivity index (χ2v) is 5.90. The molecule has 2 rings (SSSR count). The van der Waals surface area contributed by atoms with E-state index in [1.807, 2.05) is 0 Å². The predicted octanol–water partition coefficient (Wildman–Crippen LogP) is 1.49. The topological polar surface area (TPSA) is 98.7 Å². The van der Waals surface area contributed by atoms with Gasteiger partial charge in [0.2, 0.25) is 0 Å². The maximum Gasteiger partial charge on any atom is 0.326 e. The van der Waals surface area contributed by atoms with Crippen molar-refractivity contribution in [2.45, 2.75) is 32.2 Å². The van der Waals surface area contributed by atoms with Gasteiger partial charge in [-0.15, -0.1) is 0 Å². The summed E-state index contributed by atoms with van der Waals surface area (Å²) in [7, 11) is 0. The van der Waals surface area contributed by atoms with Crippen molar-refractivity contribution >= 4 is 12.0 Å². The molecule has 1 fully saturated rings.